The Hall–Kier alpha value is -2.58. The van der Waals surface area contributed by atoms with Gasteiger partial charge >= 0.3 is 0 Å². The van der Waals surface area contributed by atoms with Crippen molar-refractivity contribution in [3.63, 3.8) is 0 Å². The standard InChI is InChI=1S/C18H17ClN4O3S/c1-3-6-27-18-22-15-14(17(26)23-18)11(8-13(24)21-15)16(25)20-10-5-4-9(2)12(19)7-10/h3-5,7,11H,1,6,8H2,2H3,(H,20,25)(H2,21,22,23,24,26)/t11-/m1/s1. The lowest BCUT2D eigenvalue weighted by Gasteiger charge is -2.23. The Kier molecular flexibility index (Phi) is 5.67. The number of thioether (sulfide) groups is 1. The summed E-state index contributed by atoms with van der Waals surface area (Å²) in [6, 6.07) is 5.10. The number of rotatable bonds is 5. The first-order chi connectivity index (χ1) is 12.9. The van der Waals surface area contributed by atoms with Crippen LogP contribution in [0.5, 0.6) is 0 Å². The zero-order valence-electron chi connectivity index (χ0n) is 14.5. The van der Waals surface area contributed by atoms with Crippen molar-refractivity contribution in [3.8, 4) is 0 Å². The van der Waals surface area contributed by atoms with Gasteiger partial charge in [-0.2, -0.15) is 0 Å². The van der Waals surface area contributed by atoms with Crippen LogP contribution in [0.15, 0.2) is 40.8 Å². The summed E-state index contributed by atoms with van der Waals surface area (Å²) >= 11 is 7.35. The number of H-pyrrole nitrogens is 1. The molecule has 2 aromatic rings. The first kappa shape index (κ1) is 19.2. The molecule has 9 heteroatoms. The van der Waals surface area contributed by atoms with Crippen LogP contribution < -0.4 is 16.2 Å². The van der Waals surface area contributed by atoms with Gasteiger partial charge in [0.25, 0.3) is 5.56 Å². The summed E-state index contributed by atoms with van der Waals surface area (Å²) in [4.78, 5) is 44.2. The first-order valence-corrected chi connectivity index (χ1v) is 9.50. The normalized spacial score (nSPS) is 15.6. The number of amides is 2. The predicted octanol–water partition coefficient (Wildman–Crippen LogP) is 3.07. The van der Waals surface area contributed by atoms with Crippen molar-refractivity contribution in [2.45, 2.75) is 24.4 Å². The van der Waals surface area contributed by atoms with Gasteiger partial charge in [-0.25, -0.2) is 4.98 Å². The Morgan fingerprint density at radius 1 is 1.48 bits per heavy atom. The molecule has 0 bridgehead atoms. The molecule has 0 spiro atoms. The second kappa shape index (κ2) is 7.98. The van der Waals surface area contributed by atoms with Crippen molar-refractivity contribution in [2.75, 3.05) is 16.4 Å². The fourth-order valence-electron chi connectivity index (χ4n) is 2.68. The molecular weight excluding hydrogens is 388 g/mol. The molecule has 2 amide bonds. The molecule has 1 aromatic carbocycles. The fraction of sp³-hybridized carbons (Fsp3) is 0.222. The second-order valence-corrected chi connectivity index (χ2v) is 7.41. The van der Waals surface area contributed by atoms with Gasteiger partial charge in [-0.1, -0.05) is 35.5 Å². The van der Waals surface area contributed by atoms with Crippen molar-refractivity contribution in [2.24, 2.45) is 0 Å². The van der Waals surface area contributed by atoms with E-state index in [-0.39, 0.29) is 23.7 Å². The Morgan fingerprint density at radius 2 is 2.26 bits per heavy atom. The summed E-state index contributed by atoms with van der Waals surface area (Å²) in [5.74, 6) is -1.12. The third-order valence-electron chi connectivity index (χ3n) is 4.02. The largest absolute Gasteiger partial charge is 0.325 e. The minimum absolute atomic E-state index is 0.114. The molecule has 0 aliphatic carbocycles. The van der Waals surface area contributed by atoms with Crippen molar-refractivity contribution in [3.05, 3.63) is 57.4 Å². The number of carbonyl (C=O) groups is 2. The third-order valence-corrected chi connectivity index (χ3v) is 5.30. The quantitative estimate of drug-likeness (QED) is 0.403. The van der Waals surface area contributed by atoms with E-state index in [0.29, 0.717) is 21.6 Å². The Labute approximate surface area is 164 Å². The molecule has 2 heterocycles. The number of fused-ring (bicyclic) bond motifs is 1. The van der Waals surface area contributed by atoms with E-state index in [9.17, 15) is 14.4 Å². The number of anilines is 2. The number of halogens is 1. The van der Waals surface area contributed by atoms with Gasteiger partial charge in [0.15, 0.2) is 5.16 Å². The molecule has 3 N–H and O–H groups in total. The van der Waals surface area contributed by atoms with E-state index in [1.165, 1.54) is 11.8 Å². The highest BCUT2D eigenvalue weighted by atomic mass is 35.5. The maximum atomic E-state index is 12.7. The molecule has 7 nitrogen and oxygen atoms in total. The minimum Gasteiger partial charge on any atom is -0.325 e. The lowest BCUT2D eigenvalue weighted by Crippen LogP contribution is -2.36. The van der Waals surface area contributed by atoms with E-state index >= 15 is 0 Å². The van der Waals surface area contributed by atoms with Crippen LogP contribution in [0.2, 0.25) is 5.02 Å². The maximum absolute atomic E-state index is 12.7. The second-order valence-electron chi connectivity index (χ2n) is 5.99. The summed E-state index contributed by atoms with van der Waals surface area (Å²) in [6.45, 7) is 5.46. The van der Waals surface area contributed by atoms with Crippen LogP contribution in [0.3, 0.4) is 0 Å². The monoisotopic (exact) mass is 404 g/mol. The molecule has 0 saturated carbocycles. The summed E-state index contributed by atoms with van der Waals surface area (Å²) in [6.07, 6.45) is 1.54. The molecule has 1 aliphatic rings. The van der Waals surface area contributed by atoms with Gasteiger partial charge in [-0.15, -0.1) is 6.58 Å². The maximum Gasteiger partial charge on any atom is 0.257 e. The van der Waals surface area contributed by atoms with E-state index in [0.717, 1.165) is 5.56 Å². The fourth-order valence-corrected chi connectivity index (χ4v) is 3.46. The zero-order valence-corrected chi connectivity index (χ0v) is 16.0. The van der Waals surface area contributed by atoms with Crippen molar-refractivity contribution in [1.29, 1.82) is 0 Å². The van der Waals surface area contributed by atoms with Gasteiger partial charge in [0.1, 0.15) is 5.82 Å². The molecule has 0 fully saturated rings. The molecule has 1 aromatic heterocycles. The molecule has 1 atom stereocenters. The van der Waals surface area contributed by atoms with Crippen molar-refractivity contribution >= 4 is 46.7 Å². The van der Waals surface area contributed by atoms with Crippen LogP contribution in [0.25, 0.3) is 0 Å². The zero-order chi connectivity index (χ0) is 19.6. The van der Waals surface area contributed by atoms with Crippen LogP contribution in [0.4, 0.5) is 11.5 Å². The average Bonchev–Trinajstić information content (AvgIpc) is 2.62. The molecule has 140 valence electrons. The number of aryl methyl sites for hydroxylation is 1. The average molecular weight is 405 g/mol. The number of hydrogen-bond acceptors (Lipinski definition) is 5. The summed E-state index contributed by atoms with van der Waals surface area (Å²) < 4.78 is 0. The van der Waals surface area contributed by atoms with Gasteiger partial charge in [-0.05, 0) is 24.6 Å². The van der Waals surface area contributed by atoms with Crippen molar-refractivity contribution < 1.29 is 9.59 Å². The summed E-state index contributed by atoms with van der Waals surface area (Å²) in [5.41, 5.74) is 1.06. The Bertz CT molecular complexity index is 989. The SMILES string of the molecule is C=CCSc1nc2c(c(=O)[nH]1)[C@H](C(=O)Nc1ccc(C)c(Cl)c1)CC(=O)N2. The number of nitrogens with zero attached hydrogens (tertiary/aromatic N) is 1. The van der Waals surface area contributed by atoms with Crippen LogP contribution in [0, 0.1) is 6.92 Å². The summed E-state index contributed by atoms with van der Waals surface area (Å²) in [7, 11) is 0. The Morgan fingerprint density at radius 3 is 2.96 bits per heavy atom. The van der Waals surface area contributed by atoms with Crippen LogP contribution in [-0.2, 0) is 9.59 Å². The number of aromatic amines is 1. The van der Waals surface area contributed by atoms with Gasteiger partial charge in [0.2, 0.25) is 11.8 Å². The lowest BCUT2D eigenvalue weighted by molar-refractivity contribution is -0.123. The molecule has 27 heavy (non-hydrogen) atoms. The number of carbonyl (C=O) groups excluding carboxylic acids is 2. The highest BCUT2D eigenvalue weighted by molar-refractivity contribution is 7.99. The molecule has 0 radical (unpaired) electrons. The summed E-state index contributed by atoms with van der Waals surface area (Å²) in [5, 5.41) is 6.15. The van der Waals surface area contributed by atoms with E-state index in [4.69, 9.17) is 11.6 Å². The van der Waals surface area contributed by atoms with Gasteiger partial charge < -0.3 is 15.6 Å². The molecule has 0 unspecified atom stereocenters. The van der Waals surface area contributed by atoms with Crippen LogP contribution >= 0.6 is 23.4 Å². The highest BCUT2D eigenvalue weighted by Gasteiger charge is 2.34. The van der Waals surface area contributed by atoms with Gasteiger partial charge in [-0.3, -0.25) is 14.4 Å². The molecular formula is C18H17ClN4O3S. The minimum atomic E-state index is -0.941. The highest BCUT2D eigenvalue weighted by Crippen LogP contribution is 2.30. The van der Waals surface area contributed by atoms with E-state index in [1.54, 1.807) is 24.3 Å². The van der Waals surface area contributed by atoms with Gasteiger partial charge in [0, 0.05) is 22.9 Å². The van der Waals surface area contributed by atoms with E-state index in [2.05, 4.69) is 27.2 Å². The van der Waals surface area contributed by atoms with Crippen LogP contribution in [0.1, 0.15) is 23.5 Å². The number of aromatic nitrogens is 2. The molecule has 1 aliphatic heterocycles. The van der Waals surface area contributed by atoms with Crippen LogP contribution in [-0.4, -0.2) is 27.5 Å². The molecule has 0 saturated heterocycles. The molecule has 3 rings (SSSR count). The Balaban J connectivity index is 1.91. The number of benzene rings is 1. The van der Waals surface area contributed by atoms with E-state index in [1.807, 2.05) is 6.92 Å². The number of hydrogen-bond donors (Lipinski definition) is 3. The van der Waals surface area contributed by atoms with E-state index < -0.39 is 17.4 Å². The number of nitrogens with one attached hydrogen (secondary N) is 3. The smallest absolute Gasteiger partial charge is 0.257 e. The van der Waals surface area contributed by atoms with Crippen molar-refractivity contribution in [1.82, 2.24) is 9.97 Å². The topological polar surface area (TPSA) is 104 Å². The third kappa shape index (κ3) is 4.23. The van der Waals surface area contributed by atoms with Gasteiger partial charge in [0.05, 0.1) is 11.5 Å². The first-order valence-electron chi connectivity index (χ1n) is 8.14. The predicted molar refractivity (Wildman–Crippen MR) is 107 cm³/mol. The lowest BCUT2D eigenvalue weighted by atomic mass is 9.92.